The number of nitrogens with zero attached hydrogens (tertiary/aromatic N) is 2. The first kappa shape index (κ1) is 16.2. The molecule has 0 radical (unpaired) electrons. The molecule has 2 aliphatic heterocycles. The second kappa shape index (κ2) is 5.33. The fraction of sp³-hybridized carbons (Fsp3) is 0.316. The van der Waals surface area contributed by atoms with Crippen molar-refractivity contribution < 1.29 is 4.84 Å². The Kier molecular flexibility index (Phi) is 3.59. The van der Waals surface area contributed by atoms with E-state index in [9.17, 15) is 0 Å². The molecule has 0 N–H and O–H groups in total. The average Bonchev–Trinajstić information content (AvgIpc) is 3.07. The Labute approximate surface area is 158 Å². The summed E-state index contributed by atoms with van der Waals surface area (Å²) in [4.78, 5) is 8.38. The third-order valence-corrected chi connectivity index (χ3v) is 6.42. The summed E-state index contributed by atoms with van der Waals surface area (Å²) in [5.41, 5.74) is 3.92. The van der Waals surface area contributed by atoms with Gasteiger partial charge in [-0.15, -0.1) is 0 Å². The fourth-order valence-electron chi connectivity index (χ4n) is 3.86. The summed E-state index contributed by atoms with van der Waals surface area (Å²) in [5, 5.41) is 4.47. The van der Waals surface area contributed by atoms with Gasteiger partial charge in [-0.25, -0.2) is 0 Å². The minimum absolute atomic E-state index is 0.179. The first-order valence-electron chi connectivity index (χ1n) is 7.90. The van der Waals surface area contributed by atoms with E-state index >= 15 is 0 Å². The van der Waals surface area contributed by atoms with Crippen molar-refractivity contribution in [3.63, 3.8) is 0 Å². The minimum Gasteiger partial charge on any atom is -0.366 e. The van der Waals surface area contributed by atoms with E-state index in [0.29, 0.717) is 0 Å². The largest absolute Gasteiger partial charge is 0.366 e. The predicted molar refractivity (Wildman–Crippen MR) is 105 cm³/mol. The molecule has 1 atom stereocenters. The number of hydrogen-bond donors (Lipinski definition) is 0. The summed E-state index contributed by atoms with van der Waals surface area (Å²) in [5.74, 6) is 0. The molecule has 2 heterocycles. The fourth-order valence-corrected chi connectivity index (χ4v) is 4.49. The van der Waals surface area contributed by atoms with Gasteiger partial charge in [-0.3, -0.25) is 0 Å². The van der Waals surface area contributed by atoms with E-state index in [-0.39, 0.29) is 5.41 Å². The van der Waals surface area contributed by atoms with Crippen LogP contribution in [0, 0.1) is 0 Å². The van der Waals surface area contributed by atoms with E-state index in [2.05, 4.69) is 93.1 Å². The topological polar surface area (TPSA) is 24.8 Å². The highest BCUT2D eigenvalue weighted by Crippen LogP contribution is 2.55. The number of fused-ring (bicyclic) bond motifs is 1. The van der Waals surface area contributed by atoms with E-state index in [1.807, 2.05) is 12.1 Å². The molecule has 0 aromatic heterocycles. The minimum atomic E-state index is -0.488. The molecule has 1 spiro atoms. The van der Waals surface area contributed by atoms with Crippen LogP contribution in [0.5, 0.6) is 0 Å². The van der Waals surface area contributed by atoms with E-state index in [0.717, 1.165) is 26.6 Å². The lowest BCUT2D eigenvalue weighted by atomic mass is 9.75. The van der Waals surface area contributed by atoms with E-state index in [4.69, 9.17) is 4.84 Å². The molecule has 24 heavy (non-hydrogen) atoms. The van der Waals surface area contributed by atoms with Crippen LogP contribution in [-0.4, -0.2) is 18.5 Å². The van der Waals surface area contributed by atoms with Gasteiger partial charge in [-0.05, 0) is 55.3 Å². The average molecular weight is 450 g/mol. The summed E-state index contributed by atoms with van der Waals surface area (Å²) >= 11 is 7.08. The van der Waals surface area contributed by atoms with Crippen LogP contribution in [0.1, 0.15) is 31.4 Å². The van der Waals surface area contributed by atoms with Crippen LogP contribution >= 0.6 is 31.9 Å². The molecular weight excluding hydrogens is 432 g/mol. The number of halogens is 2. The van der Waals surface area contributed by atoms with Crippen molar-refractivity contribution in [3.05, 3.63) is 62.5 Å². The summed E-state index contributed by atoms with van der Waals surface area (Å²) < 4.78 is 2.16. The van der Waals surface area contributed by atoms with Crippen LogP contribution in [0.3, 0.4) is 0 Å². The van der Waals surface area contributed by atoms with E-state index in [1.54, 1.807) is 0 Å². The molecule has 0 saturated heterocycles. The van der Waals surface area contributed by atoms with Crippen molar-refractivity contribution >= 4 is 43.3 Å². The van der Waals surface area contributed by atoms with Gasteiger partial charge in [0, 0.05) is 21.7 Å². The molecular formula is C19H18Br2N2O. The Morgan fingerprint density at radius 1 is 1.04 bits per heavy atom. The van der Waals surface area contributed by atoms with Crippen LogP contribution < -0.4 is 4.90 Å². The van der Waals surface area contributed by atoms with Crippen LogP contribution in [0.2, 0.25) is 0 Å². The smallest absolute Gasteiger partial charge is 0.224 e. The van der Waals surface area contributed by atoms with Gasteiger partial charge in [0.1, 0.15) is 0 Å². The van der Waals surface area contributed by atoms with Crippen LogP contribution in [0.15, 0.2) is 56.6 Å². The molecule has 0 fully saturated rings. The monoisotopic (exact) mass is 448 g/mol. The molecule has 0 aliphatic carbocycles. The van der Waals surface area contributed by atoms with Crippen molar-refractivity contribution in [1.82, 2.24) is 0 Å². The van der Waals surface area contributed by atoms with Crippen LogP contribution in [-0.2, 0) is 10.3 Å². The maximum atomic E-state index is 6.14. The third-order valence-electron chi connectivity index (χ3n) is 5.40. The third kappa shape index (κ3) is 2.10. The highest BCUT2D eigenvalue weighted by atomic mass is 79.9. The highest BCUT2D eigenvalue weighted by molar-refractivity contribution is 9.10. The Hall–Kier alpha value is -1.33. The summed E-state index contributed by atoms with van der Waals surface area (Å²) in [6.07, 6.45) is 0.754. The second-order valence-electron chi connectivity index (χ2n) is 6.94. The maximum absolute atomic E-state index is 6.14. The lowest BCUT2D eigenvalue weighted by Crippen LogP contribution is -2.54. The van der Waals surface area contributed by atoms with Crippen molar-refractivity contribution in [2.45, 2.75) is 31.4 Å². The van der Waals surface area contributed by atoms with Gasteiger partial charge < -0.3 is 9.74 Å². The lowest BCUT2D eigenvalue weighted by molar-refractivity contribution is -0.0591. The van der Waals surface area contributed by atoms with Gasteiger partial charge in [0.2, 0.25) is 5.72 Å². The molecule has 3 nitrogen and oxygen atoms in total. The summed E-state index contributed by atoms with van der Waals surface area (Å²) in [7, 11) is 2.10. The first-order chi connectivity index (χ1) is 11.3. The maximum Gasteiger partial charge on any atom is 0.224 e. The molecule has 0 saturated carbocycles. The number of likely N-dealkylation sites (N-methyl/N-ethyl adjacent to an activating group) is 1. The van der Waals surface area contributed by atoms with Crippen LogP contribution in [0.25, 0.3) is 0 Å². The SMILES string of the molecule is CN1c2ccc(Br)cc2C(C)(C)C12CC(c1ccc(Br)cc1)=NO2. The zero-order valence-corrected chi connectivity index (χ0v) is 17.0. The Balaban J connectivity index is 1.74. The molecule has 4 rings (SSSR count). The standard InChI is InChI=1S/C19H18Br2N2O/c1-18(2)15-10-14(21)8-9-17(15)23(3)19(18)11-16(22-24-19)12-4-6-13(20)7-5-12/h4-10H,11H2,1-3H3. The van der Waals surface area contributed by atoms with Crippen molar-refractivity contribution in [3.8, 4) is 0 Å². The highest BCUT2D eigenvalue weighted by Gasteiger charge is 2.61. The predicted octanol–water partition coefficient (Wildman–Crippen LogP) is 5.46. The van der Waals surface area contributed by atoms with Gasteiger partial charge in [-0.2, -0.15) is 0 Å². The zero-order chi connectivity index (χ0) is 17.1. The molecule has 2 aromatic rings. The van der Waals surface area contributed by atoms with E-state index in [1.165, 1.54) is 11.3 Å². The van der Waals surface area contributed by atoms with Crippen molar-refractivity contribution in [2.24, 2.45) is 5.16 Å². The van der Waals surface area contributed by atoms with Gasteiger partial charge in [-0.1, -0.05) is 49.1 Å². The zero-order valence-electron chi connectivity index (χ0n) is 13.8. The first-order valence-corrected chi connectivity index (χ1v) is 9.49. The van der Waals surface area contributed by atoms with Gasteiger partial charge in [0.05, 0.1) is 17.5 Å². The molecule has 124 valence electrons. The van der Waals surface area contributed by atoms with Crippen molar-refractivity contribution in [1.29, 1.82) is 0 Å². The number of hydrogen-bond acceptors (Lipinski definition) is 3. The Bertz CT molecular complexity index is 845. The lowest BCUT2D eigenvalue weighted by Gasteiger charge is -2.40. The van der Waals surface area contributed by atoms with Crippen LogP contribution in [0.4, 0.5) is 5.69 Å². The molecule has 2 aromatic carbocycles. The Morgan fingerprint density at radius 2 is 1.71 bits per heavy atom. The molecule has 0 bridgehead atoms. The van der Waals surface area contributed by atoms with E-state index < -0.39 is 5.72 Å². The summed E-state index contributed by atoms with van der Waals surface area (Å²) in [6.45, 7) is 4.48. The van der Waals surface area contributed by atoms with Gasteiger partial charge in [0.25, 0.3) is 0 Å². The second-order valence-corrected chi connectivity index (χ2v) is 8.77. The number of benzene rings is 2. The number of oxime groups is 1. The Morgan fingerprint density at radius 3 is 2.42 bits per heavy atom. The normalized spacial score (nSPS) is 24.0. The summed E-state index contributed by atoms with van der Waals surface area (Å²) in [6, 6.07) is 14.7. The quantitative estimate of drug-likeness (QED) is 0.577. The van der Waals surface area contributed by atoms with Gasteiger partial charge >= 0.3 is 0 Å². The molecule has 1 unspecified atom stereocenters. The number of rotatable bonds is 1. The molecule has 0 amide bonds. The van der Waals surface area contributed by atoms with Crippen molar-refractivity contribution in [2.75, 3.05) is 11.9 Å². The number of anilines is 1. The molecule has 5 heteroatoms. The van der Waals surface area contributed by atoms with Gasteiger partial charge in [0.15, 0.2) is 0 Å². The molecule has 2 aliphatic rings.